The number of rotatable bonds is 10. The fourth-order valence-electron chi connectivity index (χ4n) is 3.96. The van der Waals surface area contributed by atoms with Crippen LogP contribution >= 0.6 is 7.82 Å². The molecule has 1 aliphatic carbocycles. The minimum Gasteiger partial charge on any atom is -0.457 e. The van der Waals surface area contributed by atoms with E-state index in [1.165, 1.54) is 51.4 Å². The number of phosphoric ester groups is 1. The normalized spacial score (nSPS) is 21.4. The van der Waals surface area contributed by atoms with Crippen molar-refractivity contribution in [2.45, 2.75) is 96.0 Å². The molecule has 2 N–H and O–H groups in total. The molecule has 0 heterocycles. The highest BCUT2D eigenvalue weighted by Gasteiger charge is 2.28. The summed E-state index contributed by atoms with van der Waals surface area (Å²) in [4.78, 5) is 22.7. The summed E-state index contributed by atoms with van der Waals surface area (Å²) in [5.41, 5.74) is 0. The van der Waals surface area contributed by atoms with Gasteiger partial charge < -0.3 is 19.2 Å². The maximum Gasteiger partial charge on any atom is 0.472 e. The zero-order chi connectivity index (χ0) is 24.6. The average Bonchev–Trinajstić information content (AvgIpc) is 2.74. The smallest absolute Gasteiger partial charge is 0.457 e. The molecule has 1 fully saturated rings. The van der Waals surface area contributed by atoms with Crippen LogP contribution in [0.5, 0.6) is 0 Å². The van der Waals surface area contributed by atoms with Crippen molar-refractivity contribution in [3.05, 3.63) is 0 Å². The summed E-state index contributed by atoms with van der Waals surface area (Å²) < 4.78 is 28.1. The maximum absolute atomic E-state index is 12.8. The van der Waals surface area contributed by atoms with E-state index in [9.17, 15) is 19.4 Å². The van der Waals surface area contributed by atoms with Gasteiger partial charge in [-0.2, -0.15) is 0 Å². The number of hydrogen-bond acceptors (Lipinski definition) is 6. The Morgan fingerprint density at radius 3 is 1.76 bits per heavy atom. The van der Waals surface area contributed by atoms with E-state index in [1.807, 2.05) is 21.1 Å². The number of nitrogens with zero attached hydrogens (tertiary/aromatic N) is 1. The molecule has 0 aromatic carbocycles. The topological polar surface area (TPSA) is 102 Å². The van der Waals surface area contributed by atoms with Crippen molar-refractivity contribution in [1.29, 1.82) is 0 Å². The molecule has 33 heavy (non-hydrogen) atoms. The van der Waals surface area contributed by atoms with Crippen LogP contribution in [0, 0.1) is 5.92 Å². The average molecular weight is 495 g/mol. The highest BCUT2D eigenvalue weighted by molar-refractivity contribution is 7.47. The monoisotopic (exact) mass is 494 g/mol. The van der Waals surface area contributed by atoms with E-state index in [2.05, 4.69) is 0 Å². The molecule has 0 amide bonds. The van der Waals surface area contributed by atoms with Crippen LogP contribution in [0.2, 0.25) is 0 Å². The van der Waals surface area contributed by atoms with Crippen molar-refractivity contribution >= 4 is 13.8 Å². The van der Waals surface area contributed by atoms with Gasteiger partial charge in [0.25, 0.3) is 0 Å². The number of ether oxygens (including phenoxy) is 1. The minimum atomic E-state index is -4.28. The lowest BCUT2D eigenvalue weighted by Gasteiger charge is -2.24. The molecule has 196 valence electrons. The van der Waals surface area contributed by atoms with Crippen LogP contribution in [-0.4, -0.2) is 74.1 Å². The van der Waals surface area contributed by atoms with Gasteiger partial charge in [0, 0.05) is 0 Å². The number of phosphoric acid groups is 1. The van der Waals surface area contributed by atoms with Gasteiger partial charge in [-0.1, -0.05) is 77.0 Å². The van der Waals surface area contributed by atoms with Gasteiger partial charge in [-0.25, -0.2) is 4.57 Å². The Bertz CT molecular complexity index is 552. The van der Waals surface area contributed by atoms with Crippen LogP contribution in [0.1, 0.15) is 89.9 Å². The molecule has 0 spiro atoms. The van der Waals surface area contributed by atoms with Crippen molar-refractivity contribution in [2.24, 2.45) is 5.92 Å². The van der Waals surface area contributed by atoms with Crippen molar-refractivity contribution in [3.8, 4) is 0 Å². The molecule has 0 aromatic heterocycles. The van der Waals surface area contributed by atoms with Crippen LogP contribution in [-0.2, 0) is 23.1 Å². The fraction of sp³-hybridized carbons (Fsp3) is 0.958. The van der Waals surface area contributed by atoms with Crippen LogP contribution in [0.4, 0.5) is 0 Å². The third-order valence-corrected chi connectivity index (χ3v) is 7.10. The second-order valence-corrected chi connectivity index (χ2v) is 11.8. The van der Waals surface area contributed by atoms with Crippen LogP contribution < -0.4 is 0 Å². The lowest BCUT2D eigenvalue weighted by atomic mass is 9.94. The number of aliphatic hydroxyl groups excluding tert-OH is 1. The first-order chi connectivity index (χ1) is 15.6. The first kappa shape index (κ1) is 30.5. The third-order valence-electron chi connectivity index (χ3n) is 6.12. The lowest BCUT2D eigenvalue weighted by Crippen LogP contribution is -2.37. The SMILES string of the molecule is C[N+](C)(C)CCOP(=O)(O)OC[C@@H](CO)OC(=O)C1CCCCCCCCCCCCCC1. The van der Waals surface area contributed by atoms with Gasteiger partial charge in [-0.15, -0.1) is 0 Å². The Labute approximate surface area is 201 Å². The predicted molar refractivity (Wildman–Crippen MR) is 130 cm³/mol. The molecular weight excluding hydrogens is 445 g/mol. The summed E-state index contributed by atoms with van der Waals surface area (Å²) in [6.07, 6.45) is 15.0. The second-order valence-electron chi connectivity index (χ2n) is 10.4. The van der Waals surface area contributed by atoms with E-state index in [0.717, 1.165) is 38.5 Å². The molecular formula is C24H49NO7P+. The highest BCUT2D eigenvalue weighted by atomic mass is 31.2. The van der Waals surface area contributed by atoms with E-state index >= 15 is 0 Å². The van der Waals surface area contributed by atoms with Crippen LogP contribution in [0.25, 0.3) is 0 Å². The molecule has 2 atom stereocenters. The molecule has 1 saturated carbocycles. The quantitative estimate of drug-likeness (QED) is 0.255. The summed E-state index contributed by atoms with van der Waals surface area (Å²) in [7, 11) is 1.56. The van der Waals surface area contributed by atoms with E-state index in [-0.39, 0.29) is 25.1 Å². The van der Waals surface area contributed by atoms with Crippen LogP contribution in [0.3, 0.4) is 0 Å². The Balaban J connectivity index is 2.50. The van der Waals surface area contributed by atoms with E-state index < -0.39 is 20.5 Å². The number of hydrogen-bond donors (Lipinski definition) is 2. The molecule has 0 aliphatic heterocycles. The Morgan fingerprint density at radius 1 is 0.879 bits per heavy atom. The van der Waals surface area contributed by atoms with E-state index in [0.29, 0.717) is 11.0 Å². The summed E-state index contributed by atoms with van der Waals surface area (Å²) in [5, 5.41) is 9.62. The molecule has 1 aliphatic rings. The number of carbonyl (C=O) groups excluding carboxylic acids is 1. The zero-order valence-electron chi connectivity index (χ0n) is 21.2. The van der Waals surface area contributed by atoms with Crippen molar-refractivity contribution in [2.75, 3.05) is 47.5 Å². The largest absolute Gasteiger partial charge is 0.472 e. The predicted octanol–water partition coefficient (Wildman–Crippen LogP) is 4.82. The Hall–Kier alpha value is -0.500. The third kappa shape index (κ3) is 16.7. The van der Waals surface area contributed by atoms with Crippen molar-refractivity contribution in [3.63, 3.8) is 0 Å². The van der Waals surface area contributed by atoms with Gasteiger partial charge >= 0.3 is 13.8 Å². The summed E-state index contributed by atoms with van der Waals surface area (Å²) in [6.45, 7) is -0.263. The van der Waals surface area contributed by atoms with Gasteiger partial charge in [0.2, 0.25) is 0 Å². The fourth-order valence-corrected chi connectivity index (χ4v) is 4.70. The molecule has 0 bridgehead atoms. The van der Waals surface area contributed by atoms with Gasteiger partial charge in [0.1, 0.15) is 19.3 Å². The standard InChI is InChI=1S/C24H48NO7P/c1-25(2,3)18-19-30-33(28,29)31-21-23(20-26)32-24(27)22-16-14-12-10-8-6-4-5-7-9-11-13-15-17-22/h22-23,26H,4-21H2,1-3H3/p+1/t23-/m1/s1. The van der Waals surface area contributed by atoms with Crippen LogP contribution in [0.15, 0.2) is 0 Å². The number of aliphatic hydroxyl groups is 1. The van der Waals surface area contributed by atoms with Crippen molar-refractivity contribution in [1.82, 2.24) is 0 Å². The Morgan fingerprint density at radius 2 is 1.33 bits per heavy atom. The molecule has 0 saturated heterocycles. The summed E-state index contributed by atoms with van der Waals surface area (Å²) in [6, 6.07) is 0. The maximum atomic E-state index is 12.8. The van der Waals surface area contributed by atoms with Gasteiger partial charge in [0.05, 0.1) is 40.3 Å². The van der Waals surface area contributed by atoms with Gasteiger partial charge in [-0.3, -0.25) is 13.8 Å². The zero-order valence-corrected chi connectivity index (χ0v) is 22.1. The minimum absolute atomic E-state index is 0.0585. The molecule has 0 aromatic rings. The lowest BCUT2D eigenvalue weighted by molar-refractivity contribution is -0.870. The molecule has 0 radical (unpaired) electrons. The first-order valence-electron chi connectivity index (χ1n) is 12.9. The van der Waals surface area contributed by atoms with Gasteiger partial charge in [-0.05, 0) is 12.8 Å². The summed E-state index contributed by atoms with van der Waals surface area (Å²) >= 11 is 0. The molecule has 9 heteroatoms. The number of carbonyl (C=O) groups is 1. The number of quaternary nitrogens is 1. The van der Waals surface area contributed by atoms with E-state index in [1.54, 1.807) is 0 Å². The summed E-state index contributed by atoms with van der Waals surface area (Å²) in [5.74, 6) is -0.549. The highest BCUT2D eigenvalue weighted by Crippen LogP contribution is 2.43. The molecule has 1 rings (SSSR count). The second kappa shape index (κ2) is 17.0. The van der Waals surface area contributed by atoms with Gasteiger partial charge in [0.15, 0.2) is 0 Å². The number of likely N-dealkylation sites (N-methyl/N-ethyl adjacent to an activating group) is 1. The van der Waals surface area contributed by atoms with E-state index in [4.69, 9.17) is 13.8 Å². The molecule has 1 unspecified atom stereocenters. The molecule has 8 nitrogen and oxygen atoms in total. The first-order valence-corrected chi connectivity index (χ1v) is 14.4. The van der Waals surface area contributed by atoms with Crippen molar-refractivity contribution < 1.29 is 37.6 Å². The number of esters is 1. The Kier molecular flexibility index (Phi) is 15.7.